The number of halogens is 1. The van der Waals surface area contributed by atoms with E-state index in [1.807, 2.05) is 31.2 Å². The van der Waals surface area contributed by atoms with Gasteiger partial charge in [-0.3, -0.25) is 14.5 Å². The van der Waals surface area contributed by atoms with Gasteiger partial charge >= 0.3 is 0 Å². The van der Waals surface area contributed by atoms with E-state index >= 15 is 0 Å². The van der Waals surface area contributed by atoms with Gasteiger partial charge in [0.15, 0.2) is 5.13 Å². The smallest absolute Gasteiger partial charge is 0.236 e. The monoisotopic (exact) mass is 369 g/mol. The summed E-state index contributed by atoms with van der Waals surface area (Å²) in [5, 5.41) is 3.25. The average molecular weight is 369 g/mol. The first-order chi connectivity index (χ1) is 12.6. The third kappa shape index (κ3) is 2.84. The second-order valence-corrected chi connectivity index (χ2v) is 7.09. The van der Waals surface area contributed by atoms with Gasteiger partial charge in [-0.1, -0.05) is 29.5 Å². The maximum atomic E-state index is 13.5. The molecular weight excluding hydrogens is 353 g/mol. The molecule has 0 aliphatic carbocycles. The molecule has 0 saturated carbocycles. The van der Waals surface area contributed by atoms with Crippen LogP contribution in [0.5, 0.6) is 0 Å². The van der Waals surface area contributed by atoms with E-state index in [0.29, 0.717) is 22.9 Å². The first-order valence-electron chi connectivity index (χ1n) is 8.33. The maximum Gasteiger partial charge on any atom is 0.236 e. The molecule has 2 heterocycles. The summed E-state index contributed by atoms with van der Waals surface area (Å²) in [4.78, 5) is 31.4. The fraction of sp³-hybridized carbons (Fsp3) is 0.211. The summed E-state index contributed by atoms with van der Waals surface area (Å²) >= 11 is 1.44. The minimum Gasteiger partial charge on any atom is -0.326 e. The number of thiazole rings is 1. The van der Waals surface area contributed by atoms with Crippen LogP contribution in [0, 0.1) is 5.82 Å². The Hall–Kier alpha value is -2.80. The van der Waals surface area contributed by atoms with Gasteiger partial charge in [0.05, 0.1) is 16.1 Å². The highest BCUT2D eigenvalue weighted by Crippen LogP contribution is 2.36. The highest BCUT2D eigenvalue weighted by atomic mass is 32.1. The van der Waals surface area contributed by atoms with Crippen molar-refractivity contribution >= 4 is 44.2 Å². The number of benzene rings is 2. The topological polar surface area (TPSA) is 62.3 Å². The van der Waals surface area contributed by atoms with Crippen molar-refractivity contribution < 1.29 is 14.0 Å². The molecule has 1 aliphatic rings. The van der Waals surface area contributed by atoms with Crippen molar-refractivity contribution in [3.8, 4) is 0 Å². The molecule has 1 atom stereocenters. The first-order valence-corrected chi connectivity index (χ1v) is 9.14. The molecule has 1 unspecified atom stereocenters. The molecule has 1 aromatic heterocycles. The molecule has 1 N–H and O–H groups in total. The Morgan fingerprint density at radius 3 is 2.92 bits per heavy atom. The maximum absolute atomic E-state index is 13.5. The van der Waals surface area contributed by atoms with Crippen molar-refractivity contribution in [2.45, 2.75) is 19.3 Å². The molecular formula is C19H16FN3O2S. The lowest BCUT2D eigenvalue weighted by molar-refractivity contribution is -0.124. The van der Waals surface area contributed by atoms with Crippen molar-refractivity contribution in [2.75, 3.05) is 16.8 Å². The predicted octanol–water partition coefficient (Wildman–Crippen LogP) is 3.91. The molecule has 0 spiro atoms. The fourth-order valence-corrected chi connectivity index (χ4v) is 4.24. The molecule has 0 saturated heterocycles. The minimum atomic E-state index is -0.647. The quantitative estimate of drug-likeness (QED) is 0.761. The number of nitrogens with one attached hydrogen (secondary N) is 1. The van der Waals surface area contributed by atoms with Crippen LogP contribution in [0.2, 0.25) is 0 Å². The largest absolute Gasteiger partial charge is 0.326 e. The van der Waals surface area contributed by atoms with Crippen LogP contribution in [0.4, 0.5) is 15.2 Å². The van der Waals surface area contributed by atoms with Crippen LogP contribution in [-0.2, 0) is 9.59 Å². The van der Waals surface area contributed by atoms with E-state index in [9.17, 15) is 14.0 Å². The lowest BCUT2D eigenvalue weighted by atomic mass is 9.89. The average Bonchev–Trinajstić information content (AvgIpc) is 3.04. The van der Waals surface area contributed by atoms with E-state index in [2.05, 4.69) is 10.3 Å². The van der Waals surface area contributed by atoms with Gasteiger partial charge in [-0.2, -0.15) is 0 Å². The van der Waals surface area contributed by atoms with Gasteiger partial charge in [-0.15, -0.1) is 0 Å². The highest BCUT2D eigenvalue weighted by molar-refractivity contribution is 7.22. The normalized spacial score (nSPS) is 16.2. The number of rotatable bonds is 3. The minimum absolute atomic E-state index is 0.0405. The summed E-state index contributed by atoms with van der Waals surface area (Å²) in [6.07, 6.45) is 0.0405. The lowest BCUT2D eigenvalue weighted by Gasteiger charge is -2.28. The Labute approximate surface area is 153 Å². The fourth-order valence-electron chi connectivity index (χ4n) is 3.21. The number of carbonyl (C=O) groups is 2. The third-order valence-corrected chi connectivity index (χ3v) is 5.51. The molecule has 0 fully saturated rings. The number of para-hydroxylation sites is 1. The number of fused-ring (bicyclic) bond motifs is 2. The zero-order valence-electron chi connectivity index (χ0n) is 14.0. The van der Waals surface area contributed by atoms with Crippen LogP contribution in [0.1, 0.15) is 24.8 Å². The van der Waals surface area contributed by atoms with Gasteiger partial charge in [0.25, 0.3) is 0 Å². The summed E-state index contributed by atoms with van der Waals surface area (Å²) in [7, 11) is 0. The second kappa shape index (κ2) is 6.49. The Morgan fingerprint density at radius 1 is 1.35 bits per heavy atom. The van der Waals surface area contributed by atoms with Gasteiger partial charge in [0, 0.05) is 18.7 Å². The number of likely N-dealkylation sites (N-methyl/N-ethyl adjacent to an activating group) is 1. The molecule has 4 rings (SSSR count). The van der Waals surface area contributed by atoms with Crippen molar-refractivity contribution in [3.05, 3.63) is 53.8 Å². The molecule has 7 heteroatoms. The van der Waals surface area contributed by atoms with E-state index in [4.69, 9.17) is 0 Å². The SMILES string of the molecule is CCN(C(=O)C1CC(=O)Nc2cc(F)ccc21)c1nc2ccccc2s1. The summed E-state index contributed by atoms with van der Waals surface area (Å²) in [6.45, 7) is 2.31. The van der Waals surface area contributed by atoms with Gasteiger partial charge in [0.1, 0.15) is 5.82 Å². The number of carbonyl (C=O) groups excluding carboxylic acids is 2. The van der Waals surface area contributed by atoms with Gasteiger partial charge in [-0.05, 0) is 36.8 Å². The standard InChI is InChI=1S/C19H16FN3O2S/c1-2-23(19-22-14-5-3-4-6-16(14)26-19)18(25)13-10-17(24)21-15-9-11(20)7-8-12(13)15/h3-9,13H,2,10H2,1H3,(H,21,24). The highest BCUT2D eigenvalue weighted by Gasteiger charge is 2.34. The Bertz CT molecular complexity index is 984. The van der Waals surface area contributed by atoms with Crippen LogP contribution in [-0.4, -0.2) is 23.3 Å². The van der Waals surface area contributed by atoms with Crippen molar-refractivity contribution in [1.82, 2.24) is 4.98 Å². The molecule has 2 amide bonds. The number of nitrogens with zero attached hydrogens (tertiary/aromatic N) is 2. The van der Waals surface area contributed by atoms with Crippen LogP contribution in [0.3, 0.4) is 0 Å². The molecule has 2 aromatic carbocycles. The van der Waals surface area contributed by atoms with Crippen molar-refractivity contribution in [2.24, 2.45) is 0 Å². The van der Waals surface area contributed by atoms with Gasteiger partial charge in [-0.25, -0.2) is 9.37 Å². The number of hydrogen-bond acceptors (Lipinski definition) is 4. The van der Waals surface area contributed by atoms with E-state index in [1.165, 1.54) is 23.5 Å². The van der Waals surface area contributed by atoms with E-state index in [0.717, 1.165) is 10.2 Å². The molecule has 1 aliphatic heterocycles. The second-order valence-electron chi connectivity index (χ2n) is 6.08. The third-order valence-electron chi connectivity index (χ3n) is 4.45. The molecule has 0 bridgehead atoms. The van der Waals surface area contributed by atoms with E-state index in [-0.39, 0.29) is 18.2 Å². The number of aromatic nitrogens is 1. The van der Waals surface area contributed by atoms with Gasteiger partial charge in [0.2, 0.25) is 11.8 Å². The molecule has 132 valence electrons. The number of anilines is 2. The molecule has 0 radical (unpaired) electrons. The molecule has 3 aromatic rings. The Kier molecular flexibility index (Phi) is 4.16. The van der Waals surface area contributed by atoms with E-state index in [1.54, 1.807) is 11.0 Å². The van der Waals surface area contributed by atoms with Crippen molar-refractivity contribution in [1.29, 1.82) is 0 Å². The molecule has 26 heavy (non-hydrogen) atoms. The Balaban J connectivity index is 1.72. The summed E-state index contributed by atoms with van der Waals surface area (Å²) < 4.78 is 14.5. The zero-order valence-corrected chi connectivity index (χ0v) is 14.8. The van der Waals surface area contributed by atoms with E-state index < -0.39 is 11.7 Å². The van der Waals surface area contributed by atoms with Crippen molar-refractivity contribution in [3.63, 3.8) is 0 Å². The Morgan fingerprint density at radius 2 is 2.15 bits per heavy atom. The van der Waals surface area contributed by atoms with Crippen LogP contribution in [0.25, 0.3) is 10.2 Å². The first kappa shape index (κ1) is 16.7. The van der Waals surface area contributed by atoms with Crippen LogP contribution in [0.15, 0.2) is 42.5 Å². The van der Waals surface area contributed by atoms with Crippen LogP contribution < -0.4 is 10.2 Å². The summed E-state index contributed by atoms with van der Waals surface area (Å²) in [6, 6.07) is 11.8. The lowest BCUT2D eigenvalue weighted by Crippen LogP contribution is -2.38. The number of hydrogen-bond donors (Lipinski definition) is 1. The summed E-state index contributed by atoms with van der Waals surface area (Å²) in [5.41, 5.74) is 1.83. The van der Waals surface area contributed by atoms with Crippen LogP contribution >= 0.6 is 11.3 Å². The summed E-state index contributed by atoms with van der Waals surface area (Å²) in [5.74, 6) is -1.59. The molecule has 5 nitrogen and oxygen atoms in total. The van der Waals surface area contributed by atoms with Gasteiger partial charge < -0.3 is 5.32 Å². The number of amides is 2. The zero-order chi connectivity index (χ0) is 18.3. The predicted molar refractivity (Wildman–Crippen MR) is 100 cm³/mol.